The Hall–Kier alpha value is -1.06. The number of nitrogens with one attached hydrogen (secondary N) is 1. The van der Waals surface area contributed by atoms with Gasteiger partial charge < -0.3 is 11.1 Å². The molecule has 0 aromatic rings. The molecular weight excluding hydrogens is 366 g/mol. The van der Waals surface area contributed by atoms with E-state index in [9.17, 15) is 0 Å². The zero-order chi connectivity index (χ0) is 20.7. The second-order valence-electron chi connectivity index (χ2n) is 8.86. The highest BCUT2D eigenvalue weighted by Gasteiger charge is 2.25. The first-order valence-corrected chi connectivity index (χ1v) is 11.5. The van der Waals surface area contributed by atoms with Gasteiger partial charge in [-0.1, -0.05) is 63.1 Å². The molecule has 0 aromatic heterocycles. The predicted octanol–water partition coefficient (Wildman–Crippen LogP) is 5.82. The molecule has 0 amide bonds. The average Bonchev–Trinajstić information content (AvgIpc) is 3.40. The number of hydrogen-bond acceptors (Lipinski definition) is 2. The van der Waals surface area contributed by atoms with Crippen molar-refractivity contribution in [2.45, 2.75) is 84.3 Å². The molecule has 0 aliphatic heterocycles. The fourth-order valence-electron chi connectivity index (χ4n) is 3.70. The van der Waals surface area contributed by atoms with Gasteiger partial charge in [0.1, 0.15) is 5.84 Å². The Bertz CT molecular complexity index is 605. The van der Waals surface area contributed by atoms with Crippen LogP contribution >= 0.6 is 11.6 Å². The molecule has 0 aromatic carbocycles. The molecule has 2 aliphatic rings. The molecule has 4 unspecified atom stereocenters. The molecule has 158 valence electrons. The van der Waals surface area contributed by atoms with E-state index >= 15 is 0 Å². The van der Waals surface area contributed by atoms with Crippen LogP contribution in [-0.2, 0) is 0 Å². The van der Waals surface area contributed by atoms with Crippen LogP contribution in [0.4, 0.5) is 0 Å². The first-order valence-electron chi connectivity index (χ1n) is 11.1. The summed E-state index contributed by atoms with van der Waals surface area (Å²) in [5.74, 6) is 2.72. The summed E-state index contributed by atoms with van der Waals surface area (Å²) in [7, 11) is 0. The van der Waals surface area contributed by atoms with E-state index < -0.39 is 0 Å². The zero-order valence-corrected chi connectivity index (χ0v) is 19.1. The smallest absolute Gasteiger partial charge is 0.105 e. The van der Waals surface area contributed by atoms with Crippen LogP contribution in [0.3, 0.4) is 0 Å². The van der Waals surface area contributed by atoms with Crippen LogP contribution in [0.5, 0.6) is 0 Å². The van der Waals surface area contributed by atoms with Gasteiger partial charge in [-0.2, -0.15) is 0 Å². The minimum Gasteiger partial charge on any atom is -0.358 e. The van der Waals surface area contributed by atoms with Gasteiger partial charge >= 0.3 is 0 Å². The molecule has 0 saturated heterocycles. The monoisotopic (exact) mass is 405 g/mol. The third kappa shape index (κ3) is 7.75. The topological polar surface area (TPSA) is 50.4 Å². The van der Waals surface area contributed by atoms with Crippen LogP contribution in [0.1, 0.15) is 66.7 Å². The lowest BCUT2D eigenvalue weighted by molar-refractivity contribution is 0.429. The fourth-order valence-corrected chi connectivity index (χ4v) is 3.78. The minimum atomic E-state index is -0.106. The van der Waals surface area contributed by atoms with Crippen LogP contribution in [0, 0.1) is 23.7 Å². The van der Waals surface area contributed by atoms with Gasteiger partial charge in [0.25, 0.3) is 0 Å². The molecule has 28 heavy (non-hydrogen) atoms. The summed E-state index contributed by atoms with van der Waals surface area (Å²) in [5, 5.41) is 3.58. The van der Waals surface area contributed by atoms with Gasteiger partial charge in [-0.25, -0.2) is 0 Å². The molecule has 0 heterocycles. The second-order valence-corrected chi connectivity index (χ2v) is 9.55. The second kappa shape index (κ2) is 11.2. The Kier molecular flexibility index (Phi) is 9.30. The van der Waals surface area contributed by atoms with E-state index in [1.54, 1.807) is 5.57 Å². The summed E-state index contributed by atoms with van der Waals surface area (Å²) in [6.45, 7) is 10.9. The van der Waals surface area contributed by atoms with Crippen molar-refractivity contribution in [2.24, 2.45) is 34.4 Å². The van der Waals surface area contributed by atoms with Crippen molar-refractivity contribution in [3.63, 3.8) is 0 Å². The lowest BCUT2D eigenvalue weighted by Crippen LogP contribution is -2.48. The van der Waals surface area contributed by atoms with E-state index in [1.165, 1.54) is 19.3 Å². The maximum absolute atomic E-state index is 6.57. The number of rotatable bonds is 9. The summed E-state index contributed by atoms with van der Waals surface area (Å²) in [5.41, 5.74) is 8.15. The Morgan fingerprint density at radius 2 is 2.00 bits per heavy atom. The number of allylic oxidation sites excluding steroid dienone is 4. The summed E-state index contributed by atoms with van der Waals surface area (Å²) in [6, 6.07) is 0.248. The standard InChI is InChI=1S/C24H40ClN3/c1-16(12-13-19(4)25)24(27-20(5)17(2)14-22-15-18(22)3)28-23(26)21-10-8-6-7-9-11-21/h8,10,12-13,15-21,23H,6-7,9,11,14,26H2,1-5H3,(H,27,28)/b13-12-/t16?,17-,18?,19?,20-,21?,23-/m1/s1. The van der Waals surface area contributed by atoms with E-state index in [2.05, 4.69) is 57.3 Å². The van der Waals surface area contributed by atoms with Gasteiger partial charge in [-0.15, -0.1) is 11.6 Å². The number of alkyl halides is 1. The molecule has 0 fully saturated rings. The molecular formula is C24H40ClN3. The van der Waals surface area contributed by atoms with E-state index in [-0.39, 0.29) is 23.5 Å². The van der Waals surface area contributed by atoms with Gasteiger partial charge in [0.2, 0.25) is 0 Å². The van der Waals surface area contributed by atoms with E-state index in [4.69, 9.17) is 22.3 Å². The van der Waals surface area contributed by atoms with Crippen LogP contribution in [0.15, 0.2) is 40.9 Å². The number of hydrogen-bond donors (Lipinski definition) is 2. The number of amidine groups is 1. The summed E-state index contributed by atoms with van der Waals surface area (Å²) in [4.78, 5) is 5.10. The molecule has 0 radical (unpaired) electrons. The Morgan fingerprint density at radius 1 is 1.29 bits per heavy atom. The van der Waals surface area contributed by atoms with Gasteiger partial charge in [-0.3, -0.25) is 4.99 Å². The highest BCUT2D eigenvalue weighted by molar-refractivity contribution is 6.21. The molecule has 3 N–H and O–H groups in total. The van der Waals surface area contributed by atoms with Gasteiger partial charge in [-0.05, 0) is 51.4 Å². The first kappa shape index (κ1) is 23.2. The Labute approximate surface area is 177 Å². The van der Waals surface area contributed by atoms with Crippen molar-refractivity contribution in [2.75, 3.05) is 0 Å². The van der Waals surface area contributed by atoms with Crippen molar-refractivity contribution >= 4 is 17.4 Å². The van der Waals surface area contributed by atoms with Crippen LogP contribution in [0.2, 0.25) is 0 Å². The lowest BCUT2D eigenvalue weighted by Gasteiger charge is -2.27. The van der Waals surface area contributed by atoms with Crippen LogP contribution < -0.4 is 11.1 Å². The minimum absolute atomic E-state index is 0.0156. The molecule has 4 heteroatoms. The molecule has 0 bridgehead atoms. The Balaban J connectivity index is 2.09. The summed E-state index contributed by atoms with van der Waals surface area (Å²) < 4.78 is 0. The van der Waals surface area contributed by atoms with E-state index in [1.807, 2.05) is 13.0 Å². The maximum Gasteiger partial charge on any atom is 0.105 e. The third-order valence-corrected chi connectivity index (χ3v) is 6.22. The van der Waals surface area contributed by atoms with Crippen LogP contribution in [-0.4, -0.2) is 23.4 Å². The zero-order valence-electron chi connectivity index (χ0n) is 18.4. The first-order chi connectivity index (χ1) is 13.3. The molecule has 3 nitrogen and oxygen atoms in total. The largest absolute Gasteiger partial charge is 0.358 e. The van der Waals surface area contributed by atoms with Gasteiger partial charge in [0.05, 0.1) is 12.2 Å². The normalized spacial score (nSPS) is 28.2. The molecule has 0 saturated carbocycles. The van der Waals surface area contributed by atoms with Crippen molar-refractivity contribution in [1.29, 1.82) is 0 Å². The highest BCUT2D eigenvalue weighted by Crippen LogP contribution is 2.35. The molecule has 0 spiro atoms. The van der Waals surface area contributed by atoms with Crippen LogP contribution in [0.25, 0.3) is 0 Å². The fraction of sp³-hybridized carbons (Fsp3) is 0.708. The number of halogens is 1. The average molecular weight is 406 g/mol. The van der Waals surface area contributed by atoms with Crippen molar-refractivity contribution < 1.29 is 0 Å². The lowest BCUT2D eigenvalue weighted by atomic mass is 9.97. The summed E-state index contributed by atoms with van der Waals surface area (Å²) >= 11 is 6.12. The number of aliphatic imine (C=N–C) groups is 1. The molecule has 2 aliphatic carbocycles. The highest BCUT2D eigenvalue weighted by atomic mass is 35.5. The number of nitrogens with zero attached hydrogens (tertiary/aromatic N) is 1. The van der Waals surface area contributed by atoms with Crippen molar-refractivity contribution in [1.82, 2.24) is 5.32 Å². The quantitative estimate of drug-likeness (QED) is 0.167. The predicted molar refractivity (Wildman–Crippen MR) is 124 cm³/mol. The van der Waals surface area contributed by atoms with E-state index in [0.717, 1.165) is 18.7 Å². The van der Waals surface area contributed by atoms with Gasteiger partial charge in [0.15, 0.2) is 0 Å². The summed E-state index contributed by atoms with van der Waals surface area (Å²) in [6.07, 6.45) is 16.9. The van der Waals surface area contributed by atoms with Crippen molar-refractivity contribution in [3.05, 3.63) is 36.0 Å². The van der Waals surface area contributed by atoms with Gasteiger partial charge in [0, 0.05) is 17.2 Å². The maximum atomic E-state index is 6.57. The molecule has 7 atom stereocenters. The SMILES string of the molecule is CC(Cl)/C=C\C(C)/C(=N/[C@H](C)[C@H](C)CC1=CC1C)N[C@@H](N)C1C=CCCCC1. The number of nitrogens with two attached hydrogens (primary N) is 1. The van der Waals surface area contributed by atoms with E-state index in [0.29, 0.717) is 17.8 Å². The third-order valence-electron chi connectivity index (χ3n) is 6.08. The molecule has 2 rings (SSSR count). The van der Waals surface area contributed by atoms with Crippen molar-refractivity contribution in [3.8, 4) is 0 Å². The Morgan fingerprint density at radius 3 is 2.64 bits per heavy atom.